The summed E-state index contributed by atoms with van der Waals surface area (Å²) >= 11 is 0. The predicted octanol–water partition coefficient (Wildman–Crippen LogP) is 2.20. The van der Waals surface area contributed by atoms with Gasteiger partial charge in [-0.25, -0.2) is 12.4 Å². The average Bonchev–Trinajstić information content (AvgIpc) is 3.04. The predicted molar refractivity (Wildman–Crippen MR) is 96.1 cm³/mol. The molecule has 1 amide bonds. The van der Waals surface area contributed by atoms with Gasteiger partial charge in [0, 0.05) is 18.5 Å². The topological polar surface area (TPSA) is 94.0 Å². The van der Waals surface area contributed by atoms with E-state index in [9.17, 15) is 17.6 Å². The van der Waals surface area contributed by atoms with E-state index in [0.717, 1.165) is 23.5 Å². The number of amides is 1. The minimum Gasteiger partial charge on any atom is -0.346 e. The van der Waals surface area contributed by atoms with E-state index < -0.39 is 21.9 Å². The van der Waals surface area contributed by atoms with Crippen LogP contribution in [0, 0.1) is 19.8 Å². The molecule has 7 nitrogen and oxygen atoms in total. The van der Waals surface area contributed by atoms with Crippen LogP contribution in [0.4, 0.5) is 4.39 Å². The Labute approximate surface area is 156 Å². The van der Waals surface area contributed by atoms with Crippen LogP contribution in [-0.4, -0.2) is 28.3 Å². The minimum absolute atomic E-state index is 0.0653. The van der Waals surface area contributed by atoms with E-state index in [1.807, 2.05) is 6.92 Å². The second kappa shape index (κ2) is 7.28. The molecule has 0 aliphatic heterocycles. The lowest BCUT2D eigenvalue weighted by Crippen LogP contribution is -2.23. The van der Waals surface area contributed by atoms with E-state index in [0.29, 0.717) is 9.67 Å². The maximum atomic E-state index is 14.2. The first-order valence-corrected chi connectivity index (χ1v) is 9.47. The normalized spacial score (nSPS) is 11.4. The molecular formula is C18H17FN4O3S. The van der Waals surface area contributed by atoms with Crippen molar-refractivity contribution < 1.29 is 17.6 Å². The van der Waals surface area contributed by atoms with Crippen LogP contribution in [-0.2, 0) is 16.6 Å². The third kappa shape index (κ3) is 4.03. The number of aryl methyl sites for hydroxylation is 2. The van der Waals surface area contributed by atoms with Crippen molar-refractivity contribution in [3.63, 3.8) is 0 Å². The fourth-order valence-electron chi connectivity index (χ4n) is 2.33. The molecule has 27 heavy (non-hydrogen) atoms. The summed E-state index contributed by atoms with van der Waals surface area (Å²) in [5.74, 6) is -1.66. The van der Waals surface area contributed by atoms with Gasteiger partial charge < -0.3 is 5.32 Å². The first kappa shape index (κ1) is 18.7. The molecule has 3 aromatic rings. The molecule has 2 heterocycles. The fourth-order valence-corrected chi connectivity index (χ4v) is 3.57. The van der Waals surface area contributed by atoms with Crippen molar-refractivity contribution in [1.82, 2.24) is 19.3 Å². The number of rotatable bonds is 5. The molecule has 140 valence electrons. The lowest BCUT2D eigenvalue weighted by molar-refractivity contribution is 0.0950. The van der Waals surface area contributed by atoms with Crippen LogP contribution in [0.25, 0.3) is 0 Å². The Morgan fingerprint density at radius 2 is 1.85 bits per heavy atom. The summed E-state index contributed by atoms with van der Waals surface area (Å²) in [7, 11) is -4.13. The van der Waals surface area contributed by atoms with Crippen molar-refractivity contribution in [1.29, 1.82) is 0 Å². The van der Waals surface area contributed by atoms with Crippen LogP contribution in [0.1, 0.15) is 27.3 Å². The summed E-state index contributed by atoms with van der Waals surface area (Å²) in [6, 6.07) is 6.89. The Balaban J connectivity index is 1.80. The number of aromatic nitrogens is 3. The highest BCUT2D eigenvalue weighted by molar-refractivity contribution is 7.90. The zero-order valence-corrected chi connectivity index (χ0v) is 15.5. The molecule has 0 spiro atoms. The third-order valence-corrected chi connectivity index (χ3v) is 5.51. The minimum atomic E-state index is -4.13. The van der Waals surface area contributed by atoms with E-state index in [-0.39, 0.29) is 17.0 Å². The molecule has 1 N–H and O–H groups in total. The monoisotopic (exact) mass is 388 g/mol. The summed E-state index contributed by atoms with van der Waals surface area (Å²) in [5, 5.41) is 2.56. The van der Waals surface area contributed by atoms with Crippen LogP contribution in [0.15, 0.2) is 53.8 Å². The Kier molecular flexibility index (Phi) is 5.04. The van der Waals surface area contributed by atoms with Crippen molar-refractivity contribution in [2.75, 3.05) is 0 Å². The number of carbonyl (C=O) groups excluding carboxylic acids is 1. The Hall–Kier alpha value is -3.07. The summed E-state index contributed by atoms with van der Waals surface area (Å²) < 4.78 is 39.8. The number of benzene rings is 1. The van der Waals surface area contributed by atoms with Crippen LogP contribution < -0.4 is 5.32 Å². The van der Waals surface area contributed by atoms with Gasteiger partial charge in [-0.05, 0) is 26.0 Å². The second-order valence-electron chi connectivity index (χ2n) is 6.00. The largest absolute Gasteiger partial charge is 0.346 e. The van der Waals surface area contributed by atoms with E-state index >= 15 is 0 Å². The summed E-state index contributed by atoms with van der Waals surface area (Å²) in [4.78, 5) is 20.3. The molecular weight excluding hydrogens is 371 g/mol. The molecule has 0 saturated heterocycles. The number of nitrogens with zero attached hydrogens (tertiary/aromatic N) is 3. The Bertz CT molecular complexity index is 1070. The molecule has 0 radical (unpaired) electrons. The highest BCUT2D eigenvalue weighted by Crippen LogP contribution is 2.18. The number of hydrogen-bond acceptors (Lipinski definition) is 5. The number of nitrogens with one attached hydrogen (secondary N) is 1. The van der Waals surface area contributed by atoms with Crippen molar-refractivity contribution in [2.24, 2.45) is 0 Å². The van der Waals surface area contributed by atoms with Gasteiger partial charge in [-0.2, -0.15) is 4.39 Å². The van der Waals surface area contributed by atoms with Gasteiger partial charge in [-0.3, -0.25) is 14.8 Å². The van der Waals surface area contributed by atoms with Crippen molar-refractivity contribution in [2.45, 2.75) is 25.3 Å². The summed E-state index contributed by atoms with van der Waals surface area (Å²) in [5.41, 5.74) is 2.04. The van der Waals surface area contributed by atoms with E-state index in [1.54, 1.807) is 25.3 Å². The lowest BCUT2D eigenvalue weighted by Gasteiger charge is -2.06. The zero-order valence-electron chi connectivity index (χ0n) is 14.7. The Morgan fingerprint density at radius 3 is 2.48 bits per heavy atom. The van der Waals surface area contributed by atoms with Gasteiger partial charge in [-0.1, -0.05) is 17.7 Å². The highest BCUT2D eigenvalue weighted by atomic mass is 32.2. The first-order chi connectivity index (χ1) is 12.8. The van der Waals surface area contributed by atoms with Crippen LogP contribution in [0.3, 0.4) is 0 Å². The van der Waals surface area contributed by atoms with Gasteiger partial charge >= 0.3 is 0 Å². The molecule has 9 heteroatoms. The molecule has 0 aliphatic rings. The van der Waals surface area contributed by atoms with Gasteiger partial charge in [0.2, 0.25) is 5.95 Å². The Morgan fingerprint density at radius 1 is 1.15 bits per heavy atom. The SMILES string of the molecule is Cc1ccc(S(=O)(=O)n2cc(C(=O)NCc3cnc(C)cn3)cc2F)cc1. The van der Waals surface area contributed by atoms with Crippen LogP contribution in [0.2, 0.25) is 0 Å². The number of halogens is 1. The van der Waals surface area contributed by atoms with Crippen molar-refractivity contribution in [3.8, 4) is 0 Å². The summed E-state index contributed by atoms with van der Waals surface area (Å²) in [6.07, 6.45) is 4.04. The van der Waals surface area contributed by atoms with E-state index in [4.69, 9.17) is 0 Å². The molecule has 0 bridgehead atoms. The standard InChI is InChI=1S/C18H17FN4O3S/c1-12-3-5-16(6-4-12)27(25,26)23-11-14(7-17(23)19)18(24)22-10-15-9-20-13(2)8-21-15/h3-9,11H,10H2,1-2H3,(H,22,24). The quantitative estimate of drug-likeness (QED) is 0.723. The van der Waals surface area contributed by atoms with Gasteiger partial charge in [0.1, 0.15) is 0 Å². The average molecular weight is 388 g/mol. The summed E-state index contributed by atoms with van der Waals surface area (Å²) in [6.45, 7) is 3.69. The first-order valence-electron chi connectivity index (χ1n) is 8.03. The molecule has 0 unspecified atom stereocenters. The maximum absolute atomic E-state index is 14.2. The number of hydrogen-bond donors (Lipinski definition) is 1. The molecule has 0 saturated carbocycles. The molecule has 0 fully saturated rings. The maximum Gasteiger partial charge on any atom is 0.269 e. The van der Waals surface area contributed by atoms with Gasteiger partial charge in [0.15, 0.2) is 0 Å². The van der Waals surface area contributed by atoms with E-state index in [2.05, 4.69) is 15.3 Å². The third-order valence-electron chi connectivity index (χ3n) is 3.85. The molecule has 1 aromatic carbocycles. The fraction of sp³-hybridized carbons (Fsp3) is 0.167. The number of carbonyl (C=O) groups is 1. The molecule has 0 aliphatic carbocycles. The molecule has 2 aromatic heterocycles. The lowest BCUT2D eigenvalue weighted by atomic mass is 10.2. The second-order valence-corrected chi connectivity index (χ2v) is 7.81. The van der Waals surface area contributed by atoms with Gasteiger partial charge in [-0.15, -0.1) is 0 Å². The van der Waals surface area contributed by atoms with Gasteiger partial charge in [0.05, 0.1) is 34.6 Å². The van der Waals surface area contributed by atoms with Crippen LogP contribution in [0.5, 0.6) is 0 Å². The smallest absolute Gasteiger partial charge is 0.269 e. The molecule has 0 atom stereocenters. The molecule has 3 rings (SSSR count). The zero-order chi connectivity index (χ0) is 19.6. The van der Waals surface area contributed by atoms with Crippen LogP contribution >= 0.6 is 0 Å². The van der Waals surface area contributed by atoms with Crippen molar-refractivity contribution in [3.05, 3.63) is 77.4 Å². The highest BCUT2D eigenvalue weighted by Gasteiger charge is 2.23. The van der Waals surface area contributed by atoms with E-state index in [1.165, 1.54) is 18.3 Å². The van der Waals surface area contributed by atoms with Gasteiger partial charge in [0.25, 0.3) is 15.9 Å². The van der Waals surface area contributed by atoms with Crippen molar-refractivity contribution >= 4 is 15.9 Å².